The highest BCUT2D eigenvalue weighted by Gasteiger charge is 2.44. The van der Waals surface area contributed by atoms with E-state index in [2.05, 4.69) is 31.4 Å². The van der Waals surface area contributed by atoms with Crippen LogP contribution in [0, 0.1) is 29.6 Å². The Hall–Kier alpha value is -2.12. The van der Waals surface area contributed by atoms with E-state index in [9.17, 15) is 19.2 Å². The zero-order valence-electron chi connectivity index (χ0n) is 36.9. The Bertz CT molecular complexity index is 1080. The number of nitrogens with zero attached hydrogens (tertiary/aromatic N) is 2. The average Bonchev–Trinajstić information content (AvgIpc) is 3.81. The Labute approximate surface area is 344 Å². The summed E-state index contributed by atoms with van der Waals surface area (Å²) in [5.41, 5.74) is 0. The molecule has 2 N–H and O–H groups in total. The van der Waals surface area contributed by atoms with Gasteiger partial charge in [-0.2, -0.15) is 0 Å². The maximum absolute atomic E-state index is 14.6. The molecule has 56 heavy (non-hydrogen) atoms. The number of nitrogens with one attached hydrogen (secondary N) is 2. The van der Waals surface area contributed by atoms with Crippen LogP contribution in [0.2, 0.25) is 0 Å². The molecule has 5 atom stereocenters. The van der Waals surface area contributed by atoms with Gasteiger partial charge in [0.05, 0.1) is 0 Å². The summed E-state index contributed by atoms with van der Waals surface area (Å²) < 4.78 is 0. The van der Waals surface area contributed by atoms with Gasteiger partial charge in [-0.1, -0.05) is 149 Å². The van der Waals surface area contributed by atoms with Crippen LogP contribution in [0.4, 0.5) is 9.59 Å². The van der Waals surface area contributed by atoms with E-state index in [1.54, 1.807) is 0 Å². The number of Topliss-reactive ketones (excluding diaryl/α,β-unsaturated/α-hetero) is 2. The van der Waals surface area contributed by atoms with E-state index in [1.165, 1.54) is 141 Å². The minimum Gasteiger partial charge on any atom is -0.336 e. The van der Waals surface area contributed by atoms with Gasteiger partial charge in [-0.05, 0) is 68.6 Å². The van der Waals surface area contributed by atoms with Crippen LogP contribution in [0.1, 0.15) is 213 Å². The molecule has 1 saturated carbocycles. The highest BCUT2D eigenvalue weighted by atomic mass is 16.2. The van der Waals surface area contributed by atoms with Crippen molar-refractivity contribution in [1.29, 1.82) is 0 Å². The predicted octanol–water partition coefficient (Wildman–Crippen LogP) is 12.0. The van der Waals surface area contributed by atoms with E-state index in [1.807, 2.05) is 9.80 Å². The number of carbonyl (C=O) groups excluding carboxylic acids is 4. The molecule has 0 bridgehead atoms. The number of unbranched alkanes of at least 4 members (excludes halogenated alkanes) is 15. The summed E-state index contributed by atoms with van der Waals surface area (Å²) in [5.74, 6) is 3.57. The summed E-state index contributed by atoms with van der Waals surface area (Å²) >= 11 is 0. The summed E-state index contributed by atoms with van der Waals surface area (Å²) in [6.45, 7) is 11.2. The van der Waals surface area contributed by atoms with Crippen molar-refractivity contribution < 1.29 is 19.2 Å². The lowest BCUT2D eigenvalue weighted by Crippen LogP contribution is -2.42. The largest absolute Gasteiger partial charge is 0.336 e. The smallest absolute Gasteiger partial charge is 0.317 e. The van der Waals surface area contributed by atoms with Gasteiger partial charge in [0.25, 0.3) is 0 Å². The number of rotatable bonds is 35. The predicted molar refractivity (Wildman–Crippen MR) is 233 cm³/mol. The van der Waals surface area contributed by atoms with E-state index in [0.717, 1.165) is 57.7 Å². The maximum Gasteiger partial charge on any atom is 0.317 e. The first-order valence-corrected chi connectivity index (χ1v) is 24.5. The lowest BCUT2D eigenvalue weighted by Gasteiger charge is -2.47. The Morgan fingerprint density at radius 2 is 1.02 bits per heavy atom. The molecular formula is C48H88N4O4. The molecule has 2 saturated heterocycles. The number of hydrogen-bond acceptors (Lipinski definition) is 4. The molecule has 0 radical (unpaired) electrons. The van der Waals surface area contributed by atoms with E-state index < -0.39 is 0 Å². The van der Waals surface area contributed by atoms with Crippen molar-refractivity contribution >= 4 is 23.6 Å². The molecule has 0 aromatic carbocycles. The summed E-state index contributed by atoms with van der Waals surface area (Å²) in [5, 5.41) is 5.76. The van der Waals surface area contributed by atoms with Gasteiger partial charge in [0, 0.05) is 64.4 Å². The second kappa shape index (κ2) is 30.0. The van der Waals surface area contributed by atoms with Crippen LogP contribution in [-0.4, -0.2) is 72.7 Å². The van der Waals surface area contributed by atoms with Crippen molar-refractivity contribution in [3.63, 3.8) is 0 Å². The van der Waals surface area contributed by atoms with Crippen molar-refractivity contribution in [3.8, 4) is 0 Å². The molecular weight excluding hydrogens is 697 g/mol. The maximum atomic E-state index is 14.6. The Morgan fingerprint density at radius 1 is 0.554 bits per heavy atom. The summed E-state index contributed by atoms with van der Waals surface area (Å²) in [4.78, 5) is 54.9. The Morgan fingerprint density at radius 3 is 1.61 bits per heavy atom. The van der Waals surface area contributed by atoms with Gasteiger partial charge in [-0.25, -0.2) is 9.59 Å². The van der Waals surface area contributed by atoms with Gasteiger partial charge in [-0.15, -0.1) is 0 Å². The Kier molecular flexibility index (Phi) is 25.8. The normalized spacial score (nSPS) is 21.8. The molecule has 3 rings (SSSR count). The molecule has 0 aromatic heterocycles. The van der Waals surface area contributed by atoms with E-state index >= 15 is 0 Å². The number of hydrogen-bond donors (Lipinski definition) is 2. The number of urea groups is 2. The van der Waals surface area contributed by atoms with Gasteiger partial charge in [0.15, 0.2) is 0 Å². The first kappa shape index (κ1) is 48.3. The SMILES string of the molecule is CCCCCCCCC1C(CCCCCC)CCC(CCCCCCCC(=O)CCCN2CCNC2=O)C1C(CCCCCC)C(=O)CCCN1CCNC1=O. The molecule has 1 aliphatic carbocycles. The molecule has 2 aliphatic heterocycles. The van der Waals surface area contributed by atoms with Crippen LogP contribution in [0.15, 0.2) is 0 Å². The van der Waals surface area contributed by atoms with Gasteiger partial charge in [-0.3, -0.25) is 9.59 Å². The fraction of sp³-hybridized carbons (Fsp3) is 0.917. The lowest BCUT2D eigenvalue weighted by atomic mass is 9.57. The molecule has 0 aromatic rings. The van der Waals surface area contributed by atoms with Crippen LogP contribution < -0.4 is 10.6 Å². The first-order valence-electron chi connectivity index (χ1n) is 24.5. The van der Waals surface area contributed by atoms with Crippen LogP contribution in [0.25, 0.3) is 0 Å². The van der Waals surface area contributed by atoms with Crippen LogP contribution >= 0.6 is 0 Å². The summed E-state index contributed by atoms with van der Waals surface area (Å²) in [6.07, 6.45) is 34.9. The number of carbonyl (C=O) groups is 4. The highest BCUT2D eigenvalue weighted by molar-refractivity contribution is 5.81. The topological polar surface area (TPSA) is 98.8 Å². The zero-order chi connectivity index (χ0) is 40.2. The average molecular weight is 785 g/mol. The Balaban J connectivity index is 1.65. The van der Waals surface area contributed by atoms with Crippen LogP contribution in [-0.2, 0) is 9.59 Å². The monoisotopic (exact) mass is 785 g/mol. The lowest BCUT2D eigenvalue weighted by molar-refractivity contribution is -0.129. The van der Waals surface area contributed by atoms with Crippen LogP contribution in [0.3, 0.4) is 0 Å². The van der Waals surface area contributed by atoms with E-state index in [0.29, 0.717) is 68.2 Å². The first-order chi connectivity index (χ1) is 27.4. The van der Waals surface area contributed by atoms with Crippen LogP contribution in [0.5, 0.6) is 0 Å². The minimum atomic E-state index is 0.00579. The van der Waals surface area contributed by atoms with Gasteiger partial charge >= 0.3 is 12.1 Å². The molecule has 2 heterocycles. The third kappa shape index (κ3) is 18.6. The molecule has 3 aliphatic rings. The molecule has 8 heteroatoms. The molecule has 324 valence electrons. The molecule has 5 unspecified atom stereocenters. The van der Waals surface area contributed by atoms with E-state index in [-0.39, 0.29) is 18.0 Å². The fourth-order valence-electron chi connectivity index (χ4n) is 10.5. The molecule has 3 fully saturated rings. The highest BCUT2D eigenvalue weighted by Crippen LogP contribution is 2.50. The molecule has 0 spiro atoms. The van der Waals surface area contributed by atoms with Gasteiger partial charge in [0.1, 0.15) is 11.6 Å². The summed E-state index contributed by atoms with van der Waals surface area (Å²) in [6, 6.07) is 0.0355. The number of amides is 4. The fourth-order valence-corrected chi connectivity index (χ4v) is 10.5. The third-order valence-corrected chi connectivity index (χ3v) is 13.8. The van der Waals surface area contributed by atoms with Crippen molar-refractivity contribution in [2.24, 2.45) is 29.6 Å². The zero-order valence-corrected chi connectivity index (χ0v) is 36.9. The number of ketones is 2. The van der Waals surface area contributed by atoms with Crippen molar-refractivity contribution in [2.75, 3.05) is 39.3 Å². The standard InChI is InChI=1S/C48H88N4O4/c1-4-7-10-13-17-22-29-43-40(25-18-11-8-5-2)32-33-41(26-19-15-14-16-20-27-42(53)28-23-36-51-38-34-49-47(51)55)46(43)44(30-21-12-9-6-3)45(54)31-24-37-52-39-35-50-48(52)56/h40-41,43-44,46H,4-39H2,1-3H3,(H,49,55)(H,50,56). The molecule has 4 amide bonds. The van der Waals surface area contributed by atoms with Crippen molar-refractivity contribution in [1.82, 2.24) is 20.4 Å². The second-order valence-electron chi connectivity index (χ2n) is 18.2. The minimum absolute atomic E-state index is 0.00579. The van der Waals surface area contributed by atoms with Gasteiger partial charge in [0.2, 0.25) is 0 Å². The van der Waals surface area contributed by atoms with E-state index in [4.69, 9.17) is 0 Å². The summed E-state index contributed by atoms with van der Waals surface area (Å²) in [7, 11) is 0. The van der Waals surface area contributed by atoms with Crippen molar-refractivity contribution in [2.45, 2.75) is 213 Å². The second-order valence-corrected chi connectivity index (χ2v) is 18.2. The van der Waals surface area contributed by atoms with Gasteiger partial charge < -0.3 is 20.4 Å². The third-order valence-electron chi connectivity index (χ3n) is 13.8. The quantitative estimate of drug-likeness (QED) is 0.0625. The molecule has 8 nitrogen and oxygen atoms in total. The van der Waals surface area contributed by atoms with Crippen molar-refractivity contribution in [3.05, 3.63) is 0 Å².